The Balaban J connectivity index is 2.18. The lowest BCUT2D eigenvalue weighted by Gasteiger charge is -2.20. The first-order chi connectivity index (χ1) is 9.40. The summed E-state index contributed by atoms with van der Waals surface area (Å²) in [6, 6.07) is 4.46. The molecule has 1 unspecified atom stereocenters. The Morgan fingerprint density at radius 3 is 2.75 bits per heavy atom. The van der Waals surface area contributed by atoms with Crippen molar-refractivity contribution in [2.24, 2.45) is 5.92 Å². The Morgan fingerprint density at radius 2 is 2.20 bits per heavy atom. The lowest BCUT2D eigenvalue weighted by molar-refractivity contribution is -0.385. The molecule has 20 heavy (non-hydrogen) atoms. The van der Waals surface area contributed by atoms with Crippen LogP contribution in [0.2, 0.25) is 0 Å². The minimum Gasteiger partial charge on any atom is -0.391 e. The Kier molecular flexibility index (Phi) is 4.04. The average molecular weight is 278 g/mol. The maximum absolute atomic E-state index is 12.3. The van der Waals surface area contributed by atoms with Crippen LogP contribution in [0.3, 0.4) is 0 Å². The number of nitrogens with zero attached hydrogens (tertiary/aromatic N) is 2. The van der Waals surface area contributed by atoms with E-state index in [0.717, 1.165) is 18.4 Å². The van der Waals surface area contributed by atoms with Crippen molar-refractivity contribution in [1.82, 2.24) is 4.90 Å². The first-order valence-corrected chi connectivity index (χ1v) is 6.58. The van der Waals surface area contributed by atoms with Gasteiger partial charge < -0.3 is 10.0 Å². The number of carbonyl (C=O) groups excluding carboxylic acids is 1. The van der Waals surface area contributed by atoms with Gasteiger partial charge in [-0.1, -0.05) is 6.07 Å². The van der Waals surface area contributed by atoms with E-state index in [0.29, 0.717) is 0 Å². The van der Waals surface area contributed by atoms with Crippen molar-refractivity contribution in [2.45, 2.75) is 25.9 Å². The van der Waals surface area contributed by atoms with E-state index in [4.69, 9.17) is 0 Å². The number of nitro benzene ring substituents is 1. The van der Waals surface area contributed by atoms with E-state index < -0.39 is 16.9 Å². The summed E-state index contributed by atoms with van der Waals surface area (Å²) >= 11 is 0. The molecule has 1 aliphatic rings. The minimum atomic E-state index is -0.558. The van der Waals surface area contributed by atoms with Gasteiger partial charge in [0.25, 0.3) is 11.6 Å². The first kappa shape index (κ1) is 14.5. The largest absolute Gasteiger partial charge is 0.391 e. The van der Waals surface area contributed by atoms with Gasteiger partial charge in [0.1, 0.15) is 5.56 Å². The maximum Gasteiger partial charge on any atom is 0.282 e. The number of aryl methyl sites for hydroxylation is 1. The van der Waals surface area contributed by atoms with Crippen LogP contribution in [0.25, 0.3) is 0 Å². The third-order valence-electron chi connectivity index (χ3n) is 3.55. The number of aliphatic hydroxyl groups excluding tert-OH is 1. The van der Waals surface area contributed by atoms with Crippen LogP contribution in [0.5, 0.6) is 0 Å². The molecule has 1 fully saturated rings. The molecule has 0 heterocycles. The summed E-state index contributed by atoms with van der Waals surface area (Å²) in [5.41, 5.74) is 0.656. The van der Waals surface area contributed by atoms with E-state index in [1.54, 1.807) is 20.0 Å². The summed E-state index contributed by atoms with van der Waals surface area (Å²) in [6.45, 7) is 1.98. The minimum absolute atomic E-state index is 0.0699. The molecule has 1 aromatic carbocycles. The molecule has 1 aromatic rings. The summed E-state index contributed by atoms with van der Waals surface area (Å²) in [7, 11) is 1.56. The number of likely N-dealkylation sites (N-methyl/N-ethyl adjacent to an activating group) is 1. The second kappa shape index (κ2) is 5.58. The van der Waals surface area contributed by atoms with E-state index in [1.807, 2.05) is 0 Å². The first-order valence-electron chi connectivity index (χ1n) is 6.58. The van der Waals surface area contributed by atoms with Crippen LogP contribution in [0.1, 0.15) is 28.8 Å². The standard InChI is InChI=1S/C14H18N2O4/c1-9-3-6-12(16(19)20)11(7-9)14(18)15(2)8-13(17)10-4-5-10/h3,6-7,10,13,17H,4-5,8H2,1-2H3. The van der Waals surface area contributed by atoms with Crippen molar-refractivity contribution < 1.29 is 14.8 Å². The van der Waals surface area contributed by atoms with E-state index in [1.165, 1.54) is 17.0 Å². The Labute approximate surface area is 117 Å². The highest BCUT2D eigenvalue weighted by atomic mass is 16.6. The normalized spacial score (nSPS) is 15.8. The lowest BCUT2D eigenvalue weighted by Crippen LogP contribution is -2.35. The van der Waals surface area contributed by atoms with Gasteiger partial charge in [-0.15, -0.1) is 0 Å². The Hall–Kier alpha value is -1.95. The fourth-order valence-electron chi connectivity index (χ4n) is 2.18. The number of nitro groups is 1. The van der Waals surface area contributed by atoms with E-state index in [2.05, 4.69) is 0 Å². The quantitative estimate of drug-likeness (QED) is 0.657. The van der Waals surface area contributed by atoms with Crippen LogP contribution in [-0.2, 0) is 0 Å². The molecule has 0 bridgehead atoms. The molecule has 0 aromatic heterocycles. The molecule has 0 aliphatic heterocycles. The molecule has 0 radical (unpaired) electrons. The molecular formula is C14H18N2O4. The molecule has 2 rings (SSSR count). The van der Waals surface area contributed by atoms with Crippen LogP contribution >= 0.6 is 0 Å². The molecule has 0 spiro atoms. The topological polar surface area (TPSA) is 83.7 Å². The predicted octanol–water partition coefficient (Wildman–Crippen LogP) is 1.75. The number of carbonyl (C=O) groups is 1. The van der Waals surface area contributed by atoms with Crippen molar-refractivity contribution in [2.75, 3.05) is 13.6 Å². The van der Waals surface area contributed by atoms with Gasteiger partial charge in [-0.2, -0.15) is 0 Å². The molecule has 6 heteroatoms. The average Bonchev–Trinajstić information content (AvgIpc) is 3.21. The molecule has 1 aliphatic carbocycles. The third-order valence-corrected chi connectivity index (χ3v) is 3.55. The van der Waals surface area contributed by atoms with E-state index >= 15 is 0 Å². The summed E-state index contributed by atoms with van der Waals surface area (Å²) in [5.74, 6) is -0.169. The fourth-order valence-corrected chi connectivity index (χ4v) is 2.18. The van der Waals surface area contributed by atoms with Crippen LogP contribution in [0.15, 0.2) is 18.2 Å². The van der Waals surface area contributed by atoms with Crippen LogP contribution in [-0.4, -0.2) is 40.5 Å². The van der Waals surface area contributed by atoms with Gasteiger partial charge in [0.15, 0.2) is 0 Å². The molecule has 108 valence electrons. The molecular weight excluding hydrogens is 260 g/mol. The number of aliphatic hydroxyl groups is 1. The van der Waals surface area contributed by atoms with Crippen LogP contribution < -0.4 is 0 Å². The van der Waals surface area contributed by atoms with Gasteiger partial charge in [0.2, 0.25) is 0 Å². The van der Waals surface area contributed by atoms with Gasteiger partial charge in [-0.25, -0.2) is 0 Å². The highest BCUT2D eigenvalue weighted by Gasteiger charge is 2.32. The summed E-state index contributed by atoms with van der Waals surface area (Å²) in [5, 5.41) is 20.8. The molecule has 1 N–H and O–H groups in total. The Morgan fingerprint density at radius 1 is 1.55 bits per heavy atom. The molecule has 1 amide bonds. The second-order valence-electron chi connectivity index (χ2n) is 5.37. The van der Waals surface area contributed by atoms with Crippen molar-refractivity contribution in [1.29, 1.82) is 0 Å². The summed E-state index contributed by atoms with van der Waals surface area (Å²) < 4.78 is 0. The second-order valence-corrected chi connectivity index (χ2v) is 5.37. The van der Waals surface area contributed by atoms with Gasteiger partial charge in [-0.05, 0) is 37.3 Å². The van der Waals surface area contributed by atoms with E-state index in [9.17, 15) is 20.0 Å². The SMILES string of the molecule is Cc1ccc([N+](=O)[O-])c(C(=O)N(C)CC(O)C2CC2)c1. The summed E-state index contributed by atoms with van der Waals surface area (Å²) in [6.07, 6.45) is 1.41. The predicted molar refractivity (Wildman–Crippen MR) is 73.5 cm³/mol. The highest BCUT2D eigenvalue weighted by Crippen LogP contribution is 2.33. The Bertz CT molecular complexity index is 540. The number of rotatable bonds is 5. The van der Waals surface area contributed by atoms with Gasteiger partial charge >= 0.3 is 0 Å². The maximum atomic E-state index is 12.3. The van der Waals surface area contributed by atoms with Crippen LogP contribution in [0, 0.1) is 23.0 Å². The van der Waals surface area contributed by atoms with Crippen molar-refractivity contribution in [3.05, 3.63) is 39.4 Å². The molecule has 1 saturated carbocycles. The highest BCUT2D eigenvalue weighted by molar-refractivity contribution is 5.98. The zero-order valence-corrected chi connectivity index (χ0v) is 11.6. The van der Waals surface area contributed by atoms with Crippen molar-refractivity contribution in [3.8, 4) is 0 Å². The molecule has 6 nitrogen and oxygen atoms in total. The number of hydrogen-bond donors (Lipinski definition) is 1. The summed E-state index contributed by atoms with van der Waals surface area (Å²) in [4.78, 5) is 24.1. The lowest BCUT2D eigenvalue weighted by atomic mass is 10.1. The zero-order valence-electron chi connectivity index (χ0n) is 11.6. The van der Waals surface area contributed by atoms with Gasteiger partial charge in [0, 0.05) is 19.7 Å². The van der Waals surface area contributed by atoms with Gasteiger partial charge in [-0.3, -0.25) is 14.9 Å². The number of hydrogen-bond acceptors (Lipinski definition) is 4. The monoisotopic (exact) mass is 278 g/mol. The number of amides is 1. The smallest absolute Gasteiger partial charge is 0.282 e. The third kappa shape index (κ3) is 3.14. The van der Waals surface area contributed by atoms with Gasteiger partial charge in [0.05, 0.1) is 11.0 Å². The zero-order chi connectivity index (χ0) is 14.9. The fraction of sp³-hybridized carbons (Fsp3) is 0.500. The van der Waals surface area contributed by atoms with Crippen LogP contribution in [0.4, 0.5) is 5.69 Å². The van der Waals surface area contributed by atoms with E-state index in [-0.39, 0.29) is 23.7 Å². The van der Waals surface area contributed by atoms with Crippen molar-refractivity contribution >= 4 is 11.6 Å². The molecule has 0 saturated heterocycles. The number of benzene rings is 1. The van der Waals surface area contributed by atoms with Crippen molar-refractivity contribution in [3.63, 3.8) is 0 Å². The molecule has 1 atom stereocenters.